The van der Waals surface area contributed by atoms with Gasteiger partial charge in [0.05, 0.1) is 5.75 Å². The van der Waals surface area contributed by atoms with E-state index in [1.54, 1.807) is 17.0 Å². The van der Waals surface area contributed by atoms with Crippen LogP contribution in [0.3, 0.4) is 0 Å². The first-order valence-corrected chi connectivity index (χ1v) is 8.61. The van der Waals surface area contributed by atoms with E-state index in [0.29, 0.717) is 38.2 Å². The number of aromatic hydroxyl groups is 1. The van der Waals surface area contributed by atoms with Crippen LogP contribution < -0.4 is 0 Å². The Morgan fingerprint density at radius 3 is 2.24 bits per heavy atom. The van der Waals surface area contributed by atoms with Gasteiger partial charge in [0.25, 0.3) is 5.91 Å². The van der Waals surface area contributed by atoms with Crippen molar-refractivity contribution in [3.05, 3.63) is 29.8 Å². The molecule has 0 aliphatic carbocycles. The Morgan fingerprint density at radius 1 is 1.14 bits per heavy atom. The average Bonchev–Trinajstić information content (AvgIpc) is 2.47. The zero-order valence-corrected chi connectivity index (χ0v) is 12.8. The Morgan fingerprint density at radius 2 is 1.71 bits per heavy atom. The van der Waals surface area contributed by atoms with Crippen LogP contribution >= 0.6 is 0 Å². The number of carbonyl (C=O) groups excluding carboxylic acids is 1. The van der Waals surface area contributed by atoms with Crippen LogP contribution in [0, 0.1) is 0 Å². The van der Waals surface area contributed by atoms with E-state index >= 15 is 0 Å². The molecule has 1 aromatic carbocycles. The minimum absolute atomic E-state index is 0.113. The van der Waals surface area contributed by atoms with E-state index in [4.69, 9.17) is 0 Å². The van der Waals surface area contributed by atoms with Gasteiger partial charge in [0, 0.05) is 31.7 Å². The first-order chi connectivity index (χ1) is 9.94. The molecule has 1 amide bonds. The molecule has 1 fully saturated rings. The molecule has 1 N–H and O–H groups in total. The number of rotatable bonds is 4. The number of hydrogen-bond acceptors (Lipinski definition) is 4. The lowest BCUT2D eigenvalue weighted by atomic mass is 10.2. The molecule has 0 spiro atoms. The second kappa shape index (κ2) is 6.44. The molecule has 21 heavy (non-hydrogen) atoms. The molecule has 0 radical (unpaired) electrons. The Bertz CT molecular complexity index is 590. The summed E-state index contributed by atoms with van der Waals surface area (Å²) in [7, 11) is -3.19. The maximum atomic E-state index is 12.3. The van der Waals surface area contributed by atoms with Crippen LogP contribution in [0.25, 0.3) is 0 Å². The van der Waals surface area contributed by atoms with E-state index < -0.39 is 10.0 Å². The van der Waals surface area contributed by atoms with E-state index in [2.05, 4.69) is 0 Å². The van der Waals surface area contributed by atoms with Crippen LogP contribution in [0.1, 0.15) is 23.7 Å². The van der Waals surface area contributed by atoms with Crippen LogP contribution in [0.2, 0.25) is 0 Å². The van der Waals surface area contributed by atoms with Crippen molar-refractivity contribution in [3.8, 4) is 5.75 Å². The number of hydrogen-bond donors (Lipinski definition) is 1. The summed E-state index contributed by atoms with van der Waals surface area (Å²) in [5.74, 6) is 0.128. The Hall–Kier alpha value is -1.60. The SMILES string of the molecule is CCCS(=O)(=O)N1CCN(C(=O)c2ccc(O)cc2)CC1. The smallest absolute Gasteiger partial charge is 0.253 e. The second-order valence-corrected chi connectivity index (χ2v) is 7.14. The van der Waals surface area contributed by atoms with E-state index in [1.807, 2.05) is 6.92 Å². The standard InChI is InChI=1S/C14H20N2O4S/c1-2-11-21(19,20)16-9-7-15(8-10-16)14(18)12-3-5-13(17)6-4-12/h3-6,17H,2,7-11H2,1H3. The summed E-state index contributed by atoms with van der Waals surface area (Å²) >= 11 is 0. The largest absolute Gasteiger partial charge is 0.508 e. The molecule has 116 valence electrons. The van der Waals surface area contributed by atoms with Gasteiger partial charge in [-0.2, -0.15) is 4.31 Å². The van der Waals surface area contributed by atoms with Crippen molar-refractivity contribution < 1.29 is 18.3 Å². The van der Waals surface area contributed by atoms with Gasteiger partial charge in [0.2, 0.25) is 10.0 Å². The normalized spacial score (nSPS) is 16.9. The van der Waals surface area contributed by atoms with Gasteiger partial charge in [0.1, 0.15) is 5.75 Å². The van der Waals surface area contributed by atoms with Gasteiger partial charge < -0.3 is 10.0 Å². The molecule has 2 rings (SSSR count). The van der Waals surface area contributed by atoms with Crippen molar-refractivity contribution in [3.63, 3.8) is 0 Å². The molecule has 1 aliphatic heterocycles. The highest BCUT2D eigenvalue weighted by Crippen LogP contribution is 2.14. The van der Waals surface area contributed by atoms with Crippen molar-refractivity contribution in [2.45, 2.75) is 13.3 Å². The van der Waals surface area contributed by atoms with Crippen molar-refractivity contribution in [2.24, 2.45) is 0 Å². The first kappa shape index (κ1) is 15.8. The van der Waals surface area contributed by atoms with Gasteiger partial charge in [0.15, 0.2) is 0 Å². The number of carbonyl (C=O) groups is 1. The molecule has 6 nitrogen and oxygen atoms in total. The number of nitrogens with zero attached hydrogens (tertiary/aromatic N) is 2. The highest BCUT2D eigenvalue weighted by atomic mass is 32.2. The minimum Gasteiger partial charge on any atom is -0.508 e. The Labute approximate surface area is 125 Å². The molecule has 7 heteroatoms. The lowest BCUT2D eigenvalue weighted by Gasteiger charge is -2.34. The third-order valence-corrected chi connectivity index (χ3v) is 5.57. The van der Waals surface area contributed by atoms with Crippen molar-refractivity contribution in [2.75, 3.05) is 31.9 Å². The number of amides is 1. The molecule has 0 unspecified atom stereocenters. The number of phenolic OH excluding ortho intramolecular Hbond substituents is 1. The van der Waals surface area contributed by atoms with Crippen molar-refractivity contribution in [1.82, 2.24) is 9.21 Å². The van der Waals surface area contributed by atoms with Crippen molar-refractivity contribution >= 4 is 15.9 Å². The highest BCUT2D eigenvalue weighted by molar-refractivity contribution is 7.89. The van der Waals surface area contributed by atoms with E-state index in [-0.39, 0.29) is 17.4 Å². The number of piperazine rings is 1. The van der Waals surface area contributed by atoms with E-state index in [0.717, 1.165) is 0 Å². The van der Waals surface area contributed by atoms with Gasteiger partial charge in [-0.15, -0.1) is 0 Å². The lowest BCUT2D eigenvalue weighted by molar-refractivity contribution is 0.0698. The Kier molecular flexibility index (Phi) is 4.84. The van der Waals surface area contributed by atoms with E-state index in [9.17, 15) is 18.3 Å². The third kappa shape index (κ3) is 3.74. The predicted molar refractivity (Wildman–Crippen MR) is 79.7 cm³/mol. The summed E-state index contributed by atoms with van der Waals surface area (Å²) in [6.45, 7) is 3.30. The maximum absolute atomic E-state index is 12.3. The summed E-state index contributed by atoms with van der Waals surface area (Å²) in [6, 6.07) is 6.07. The van der Waals surface area contributed by atoms with Gasteiger partial charge in [-0.05, 0) is 30.7 Å². The molecule has 0 atom stereocenters. The van der Waals surface area contributed by atoms with Gasteiger partial charge in [-0.25, -0.2) is 8.42 Å². The fraction of sp³-hybridized carbons (Fsp3) is 0.500. The molecule has 0 bridgehead atoms. The molecule has 0 aromatic heterocycles. The summed E-state index contributed by atoms with van der Waals surface area (Å²) in [6.07, 6.45) is 0.592. The number of phenols is 1. The van der Waals surface area contributed by atoms with Crippen LogP contribution in [0.5, 0.6) is 5.75 Å². The molecular weight excluding hydrogens is 292 g/mol. The average molecular weight is 312 g/mol. The second-order valence-electron chi connectivity index (χ2n) is 5.05. The third-order valence-electron chi connectivity index (χ3n) is 3.50. The lowest BCUT2D eigenvalue weighted by Crippen LogP contribution is -2.51. The zero-order valence-electron chi connectivity index (χ0n) is 12.0. The number of sulfonamides is 1. The molecule has 1 heterocycles. The van der Waals surface area contributed by atoms with Crippen LogP contribution in [0.4, 0.5) is 0 Å². The molecular formula is C14H20N2O4S. The summed E-state index contributed by atoms with van der Waals surface area (Å²) < 4.78 is 25.4. The quantitative estimate of drug-likeness (QED) is 0.895. The van der Waals surface area contributed by atoms with Gasteiger partial charge in [-0.3, -0.25) is 4.79 Å². The van der Waals surface area contributed by atoms with Crippen LogP contribution in [0.15, 0.2) is 24.3 Å². The zero-order chi connectivity index (χ0) is 15.5. The first-order valence-electron chi connectivity index (χ1n) is 7.00. The van der Waals surface area contributed by atoms with Crippen molar-refractivity contribution in [1.29, 1.82) is 0 Å². The molecule has 1 aromatic rings. The summed E-state index contributed by atoms with van der Waals surface area (Å²) in [5.41, 5.74) is 0.498. The maximum Gasteiger partial charge on any atom is 0.253 e. The van der Waals surface area contributed by atoms with Gasteiger partial charge >= 0.3 is 0 Å². The monoisotopic (exact) mass is 312 g/mol. The van der Waals surface area contributed by atoms with E-state index in [1.165, 1.54) is 16.4 Å². The predicted octanol–water partition coefficient (Wildman–Crippen LogP) is 0.890. The molecule has 1 aliphatic rings. The van der Waals surface area contributed by atoms with Crippen LogP contribution in [-0.2, 0) is 10.0 Å². The molecule has 0 saturated carbocycles. The van der Waals surface area contributed by atoms with Crippen LogP contribution in [-0.4, -0.2) is 60.6 Å². The summed E-state index contributed by atoms with van der Waals surface area (Å²) in [4.78, 5) is 13.9. The minimum atomic E-state index is -3.19. The number of benzene rings is 1. The summed E-state index contributed by atoms with van der Waals surface area (Å²) in [5, 5.41) is 9.23. The highest BCUT2D eigenvalue weighted by Gasteiger charge is 2.28. The topological polar surface area (TPSA) is 77.9 Å². The molecule has 1 saturated heterocycles. The Balaban J connectivity index is 1.98. The van der Waals surface area contributed by atoms with Gasteiger partial charge in [-0.1, -0.05) is 6.92 Å². The fourth-order valence-corrected chi connectivity index (χ4v) is 3.84. The fourth-order valence-electron chi connectivity index (χ4n) is 2.34.